The van der Waals surface area contributed by atoms with E-state index in [9.17, 15) is 4.79 Å². The first-order chi connectivity index (χ1) is 22.6. The maximum Gasteiger partial charge on any atom is 0.222 e. The number of aliphatic imine (C=N–C) groups is 1. The van der Waals surface area contributed by atoms with Gasteiger partial charge in [-0.1, -0.05) is 193 Å². The first kappa shape index (κ1) is 46.1. The number of likely N-dealkylation sites (N-methyl/N-ethyl adjacent to an activating group) is 1. The molecule has 1 amide bonds. The second-order valence-corrected chi connectivity index (χ2v) is 14.9. The fraction of sp³-hybridized carbons (Fsp3) is 0.905. The van der Waals surface area contributed by atoms with Gasteiger partial charge in [0.15, 0.2) is 0 Å². The van der Waals surface area contributed by atoms with Gasteiger partial charge in [0.1, 0.15) is 13.1 Å². The van der Waals surface area contributed by atoms with Crippen LogP contribution in [0.4, 0.5) is 0 Å². The number of allylic oxidation sites excluding steroid dienone is 1. The third-order valence-electron chi connectivity index (χ3n) is 10.3. The second kappa shape index (κ2) is 35.0. The highest BCUT2D eigenvalue weighted by Gasteiger charge is 2.31. The Kier molecular flexibility index (Phi) is 34.3. The molecule has 1 heterocycles. The molecule has 0 saturated carbocycles. The average molecular weight is 681 g/mol. The van der Waals surface area contributed by atoms with Gasteiger partial charge in [-0.05, 0) is 19.3 Å². The van der Waals surface area contributed by atoms with Crippen LogP contribution in [0.1, 0.15) is 213 Å². The second-order valence-electron chi connectivity index (χ2n) is 14.9. The first-order valence-corrected chi connectivity index (χ1v) is 20.9. The number of quaternary nitrogens is 1. The monoisotopic (exact) mass is 680 g/mol. The Morgan fingerprint density at radius 3 is 1.43 bits per heavy atom. The maximum absolute atomic E-state index is 12.4. The Labute approximate surface area is 301 Å². The molecule has 0 aromatic heterocycles. The van der Waals surface area contributed by atoms with Crippen molar-refractivity contribution in [1.82, 2.24) is 5.32 Å². The third kappa shape index (κ3) is 28.7. The molecule has 0 aromatic rings. The van der Waals surface area contributed by atoms with E-state index in [4.69, 9.17) is 4.99 Å². The molecule has 1 aliphatic rings. The smallest absolute Gasteiger partial charge is 0.222 e. The Bertz CT molecular complexity index is 739. The number of hydrogen-bond donors (Lipinski definition) is 1. The molecule has 1 unspecified atom stereocenters. The van der Waals surface area contributed by atoms with Crippen LogP contribution in [0.15, 0.2) is 17.1 Å². The Morgan fingerprint density at radius 1 is 0.617 bits per heavy atom. The summed E-state index contributed by atoms with van der Waals surface area (Å²) < 4.78 is 0.856. The van der Waals surface area contributed by atoms with Gasteiger partial charge in [-0.3, -0.25) is 9.28 Å². The van der Waals surface area contributed by atoms with Crippen molar-refractivity contribution in [1.29, 1.82) is 0 Å². The highest BCUT2D eigenvalue weighted by Crippen LogP contribution is 2.16. The van der Waals surface area contributed by atoms with Crippen LogP contribution in [0.2, 0.25) is 0 Å². The van der Waals surface area contributed by atoms with Crippen molar-refractivity contribution in [2.45, 2.75) is 213 Å². The number of carbonyl (C=O) groups excluding carboxylic acids is 1. The van der Waals surface area contributed by atoms with Gasteiger partial charge in [-0.25, -0.2) is 4.99 Å². The van der Waals surface area contributed by atoms with Crippen LogP contribution in [0.25, 0.3) is 0 Å². The quantitative estimate of drug-likeness (QED) is 0.0526. The van der Waals surface area contributed by atoms with Gasteiger partial charge >= 0.3 is 0 Å². The molecular formula is C42H82ClN3O. The molecule has 0 bridgehead atoms. The SMILES string of the molecule is CCCCCCCCCCCCCCCCC=CC1=NCC[N+]1(C)CCNC(=O)CCCCCCCCCCCCCCCCC.[Cl-]. The summed E-state index contributed by atoms with van der Waals surface area (Å²) in [6, 6.07) is 0. The number of unbranched alkanes of at least 4 members (excludes halogenated alkanes) is 28. The number of hydrogen-bond acceptors (Lipinski definition) is 2. The molecule has 1 atom stereocenters. The van der Waals surface area contributed by atoms with Crippen LogP contribution in [-0.2, 0) is 4.79 Å². The molecule has 0 aromatic carbocycles. The zero-order chi connectivity index (χ0) is 33.2. The zero-order valence-electron chi connectivity index (χ0n) is 32.1. The molecule has 1 rings (SSSR count). The van der Waals surface area contributed by atoms with E-state index in [0.29, 0.717) is 6.42 Å². The van der Waals surface area contributed by atoms with Gasteiger partial charge in [0, 0.05) is 12.5 Å². The van der Waals surface area contributed by atoms with E-state index in [2.05, 4.69) is 38.4 Å². The highest BCUT2D eigenvalue weighted by molar-refractivity contribution is 5.88. The largest absolute Gasteiger partial charge is 1.00 e. The van der Waals surface area contributed by atoms with Crippen molar-refractivity contribution in [3.8, 4) is 0 Å². The van der Waals surface area contributed by atoms with E-state index in [1.165, 1.54) is 186 Å². The van der Waals surface area contributed by atoms with Crippen LogP contribution >= 0.6 is 0 Å². The van der Waals surface area contributed by atoms with Gasteiger partial charge in [0.05, 0.1) is 20.1 Å². The first-order valence-electron chi connectivity index (χ1n) is 20.9. The minimum absolute atomic E-state index is 0. The van der Waals surface area contributed by atoms with Crippen molar-refractivity contribution in [3.05, 3.63) is 12.2 Å². The third-order valence-corrected chi connectivity index (χ3v) is 10.3. The average Bonchev–Trinajstić information content (AvgIpc) is 3.42. The van der Waals surface area contributed by atoms with Gasteiger partial charge in [0.25, 0.3) is 0 Å². The predicted molar refractivity (Wildman–Crippen MR) is 205 cm³/mol. The van der Waals surface area contributed by atoms with Crippen molar-refractivity contribution in [3.63, 3.8) is 0 Å². The van der Waals surface area contributed by atoms with E-state index in [1.807, 2.05) is 0 Å². The molecule has 0 fully saturated rings. The molecule has 1 N–H and O–H groups in total. The fourth-order valence-electron chi connectivity index (χ4n) is 6.96. The van der Waals surface area contributed by atoms with Gasteiger partial charge in [-0.15, -0.1) is 0 Å². The minimum atomic E-state index is 0. The standard InChI is InChI=1S/C42H81N3O.ClH/c1-4-6-8-10-12-14-16-18-20-22-23-25-27-29-31-33-35-41-43-37-39-45(41,3)40-38-44-42(46)36-34-32-30-28-26-24-21-19-17-15-13-11-9-7-5-2;/h33,35H,4-32,34,36-40H2,1-3H3;1H. The van der Waals surface area contributed by atoms with Gasteiger partial charge in [0.2, 0.25) is 11.7 Å². The summed E-state index contributed by atoms with van der Waals surface area (Å²) in [5.74, 6) is 1.43. The van der Waals surface area contributed by atoms with Crippen molar-refractivity contribution in [2.75, 3.05) is 33.2 Å². The van der Waals surface area contributed by atoms with Crippen LogP contribution < -0.4 is 17.7 Å². The lowest BCUT2D eigenvalue weighted by atomic mass is 10.0. The lowest BCUT2D eigenvalue weighted by molar-refractivity contribution is -0.811. The summed E-state index contributed by atoms with van der Waals surface area (Å²) in [7, 11) is 2.28. The topological polar surface area (TPSA) is 41.5 Å². The number of carbonyl (C=O) groups is 1. The molecule has 0 radical (unpaired) electrons. The van der Waals surface area contributed by atoms with E-state index >= 15 is 0 Å². The molecule has 278 valence electrons. The summed E-state index contributed by atoms with van der Waals surface area (Å²) in [6.07, 6.45) is 46.6. The number of nitrogens with zero attached hydrogens (tertiary/aromatic N) is 2. The van der Waals surface area contributed by atoms with Crippen LogP contribution in [-0.4, -0.2) is 49.5 Å². The van der Waals surface area contributed by atoms with E-state index in [-0.39, 0.29) is 18.3 Å². The number of rotatable bonds is 35. The minimum Gasteiger partial charge on any atom is -1.00 e. The van der Waals surface area contributed by atoms with Gasteiger partial charge in [-0.2, -0.15) is 0 Å². The normalized spacial score (nSPS) is 16.1. The molecule has 1 aliphatic heterocycles. The molecule has 5 heteroatoms. The lowest BCUT2D eigenvalue weighted by Crippen LogP contribution is -3.00. The lowest BCUT2D eigenvalue weighted by Gasteiger charge is -2.28. The van der Waals surface area contributed by atoms with E-state index in [1.54, 1.807) is 0 Å². The summed E-state index contributed by atoms with van der Waals surface area (Å²) in [5, 5.41) is 3.20. The van der Waals surface area contributed by atoms with Crippen molar-refractivity contribution >= 4 is 11.7 Å². The summed E-state index contributed by atoms with van der Waals surface area (Å²) in [4.78, 5) is 17.2. The molecule has 0 saturated heterocycles. The Balaban J connectivity index is 0.0000212. The molecule has 4 nitrogen and oxygen atoms in total. The number of amides is 1. The molecule has 47 heavy (non-hydrogen) atoms. The van der Waals surface area contributed by atoms with Crippen LogP contribution in [0.3, 0.4) is 0 Å². The Morgan fingerprint density at radius 2 is 1.00 bits per heavy atom. The molecule has 0 spiro atoms. The van der Waals surface area contributed by atoms with E-state index in [0.717, 1.165) is 43.5 Å². The number of amidine groups is 1. The van der Waals surface area contributed by atoms with Crippen molar-refractivity contribution in [2.24, 2.45) is 4.99 Å². The maximum atomic E-state index is 12.4. The van der Waals surface area contributed by atoms with Crippen LogP contribution in [0, 0.1) is 0 Å². The number of halogens is 1. The van der Waals surface area contributed by atoms with Crippen LogP contribution in [0.5, 0.6) is 0 Å². The zero-order valence-corrected chi connectivity index (χ0v) is 32.8. The summed E-state index contributed by atoms with van der Waals surface area (Å²) in [5.41, 5.74) is 0. The van der Waals surface area contributed by atoms with Crippen molar-refractivity contribution < 1.29 is 21.7 Å². The van der Waals surface area contributed by atoms with Gasteiger partial charge < -0.3 is 17.7 Å². The molecular weight excluding hydrogens is 598 g/mol. The Hall–Kier alpha value is -0.870. The van der Waals surface area contributed by atoms with E-state index < -0.39 is 0 Å². The number of nitrogens with one attached hydrogen (secondary N) is 1. The highest BCUT2D eigenvalue weighted by atomic mass is 35.5. The predicted octanol–water partition coefficient (Wildman–Crippen LogP) is 9.65. The summed E-state index contributed by atoms with van der Waals surface area (Å²) >= 11 is 0. The molecule has 0 aliphatic carbocycles. The summed E-state index contributed by atoms with van der Waals surface area (Å²) in [6.45, 7) is 8.23. The fourth-order valence-corrected chi connectivity index (χ4v) is 6.96.